The number of carbonyl (C=O) groups excluding carboxylic acids is 2. The van der Waals surface area contributed by atoms with Crippen molar-refractivity contribution in [1.82, 2.24) is 19.2 Å². The number of halogens is 1. The van der Waals surface area contributed by atoms with Crippen LogP contribution in [0.25, 0.3) is 11.7 Å². The minimum atomic E-state index is -0.0716. The number of hydrogen-bond donors (Lipinski definition) is 0. The highest BCUT2D eigenvalue weighted by molar-refractivity contribution is 6.31. The van der Waals surface area contributed by atoms with E-state index in [9.17, 15) is 9.59 Å². The summed E-state index contributed by atoms with van der Waals surface area (Å²) in [5.41, 5.74) is 1.42. The summed E-state index contributed by atoms with van der Waals surface area (Å²) in [6.45, 7) is 1.18. The zero-order valence-corrected chi connectivity index (χ0v) is 15.1. The van der Waals surface area contributed by atoms with Gasteiger partial charge in [-0.05, 0) is 31.1 Å². The van der Waals surface area contributed by atoms with Crippen molar-refractivity contribution in [2.45, 2.75) is 12.8 Å². The predicted octanol–water partition coefficient (Wildman–Crippen LogP) is 2.33. The molecule has 2 aromatic heterocycles. The molecule has 0 N–H and O–H groups in total. The third-order valence-electron chi connectivity index (χ3n) is 4.50. The van der Waals surface area contributed by atoms with Gasteiger partial charge < -0.3 is 9.80 Å². The number of fused-ring (bicyclic) bond motifs is 1. The molecule has 1 aliphatic heterocycles. The van der Waals surface area contributed by atoms with Crippen molar-refractivity contribution >= 4 is 35.1 Å². The Labute approximate surface area is 151 Å². The normalized spacial score (nSPS) is 15.9. The van der Waals surface area contributed by atoms with Gasteiger partial charge in [0.25, 0.3) is 0 Å². The van der Waals surface area contributed by atoms with Crippen LogP contribution in [0.3, 0.4) is 0 Å². The van der Waals surface area contributed by atoms with E-state index in [-0.39, 0.29) is 17.7 Å². The molecule has 1 fully saturated rings. The van der Waals surface area contributed by atoms with E-state index in [2.05, 4.69) is 4.98 Å². The largest absolute Gasteiger partial charge is 0.349 e. The van der Waals surface area contributed by atoms with Gasteiger partial charge in [0.2, 0.25) is 11.8 Å². The summed E-state index contributed by atoms with van der Waals surface area (Å²) in [6.07, 6.45) is 6.48. The van der Waals surface area contributed by atoms with Crippen LogP contribution in [0.4, 0.5) is 0 Å². The van der Waals surface area contributed by atoms with Crippen LogP contribution in [0.15, 0.2) is 30.5 Å². The van der Waals surface area contributed by atoms with E-state index in [1.165, 1.54) is 6.08 Å². The van der Waals surface area contributed by atoms with E-state index < -0.39 is 0 Å². The molecule has 3 rings (SSSR count). The molecule has 3 heterocycles. The Morgan fingerprint density at radius 2 is 2.00 bits per heavy atom. The zero-order chi connectivity index (χ0) is 18.0. The number of piperidine rings is 1. The Hall–Kier alpha value is -2.34. The molecular weight excluding hydrogens is 340 g/mol. The number of likely N-dealkylation sites (tertiary alicyclic amines) is 1. The Morgan fingerprint density at radius 1 is 1.28 bits per heavy atom. The number of pyridine rings is 1. The fourth-order valence-corrected chi connectivity index (χ4v) is 3.34. The molecule has 2 amide bonds. The summed E-state index contributed by atoms with van der Waals surface area (Å²) in [5.74, 6) is 0.0779. The first kappa shape index (κ1) is 17.5. The molecule has 0 saturated carbocycles. The fraction of sp³-hybridized carbons (Fsp3) is 0.389. The van der Waals surface area contributed by atoms with Crippen LogP contribution >= 0.6 is 11.6 Å². The van der Waals surface area contributed by atoms with E-state index in [1.807, 2.05) is 28.8 Å². The molecule has 0 unspecified atom stereocenters. The van der Waals surface area contributed by atoms with Crippen LogP contribution in [0.1, 0.15) is 18.5 Å². The molecule has 7 heteroatoms. The summed E-state index contributed by atoms with van der Waals surface area (Å²) in [5, 5.41) is 0.366. The third-order valence-corrected chi connectivity index (χ3v) is 4.78. The maximum atomic E-state index is 12.4. The molecule has 0 atom stereocenters. The quantitative estimate of drug-likeness (QED) is 0.789. The first-order valence-electron chi connectivity index (χ1n) is 8.28. The molecule has 132 valence electrons. The van der Waals surface area contributed by atoms with E-state index >= 15 is 0 Å². The minimum Gasteiger partial charge on any atom is -0.349 e. The number of carbonyl (C=O) groups is 2. The van der Waals surface area contributed by atoms with Crippen LogP contribution in [-0.2, 0) is 9.59 Å². The molecule has 1 saturated heterocycles. The molecule has 0 radical (unpaired) electrons. The van der Waals surface area contributed by atoms with Gasteiger partial charge in [0.1, 0.15) is 5.65 Å². The van der Waals surface area contributed by atoms with E-state index in [0.29, 0.717) is 36.8 Å². The summed E-state index contributed by atoms with van der Waals surface area (Å²) in [6, 6.07) is 5.63. The Morgan fingerprint density at radius 3 is 2.68 bits per heavy atom. The van der Waals surface area contributed by atoms with Crippen molar-refractivity contribution in [3.63, 3.8) is 0 Å². The predicted molar refractivity (Wildman–Crippen MR) is 97.2 cm³/mol. The number of amides is 2. The molecule has 0 aliphatic carbocycles. The number of rotatable bonds is 3. The lowest BCUT2D eigenvalue weighted by molar-refractivity contribution is -0.137. The lowest BCUT2D eigenvalue weighted by Gasteiger charge is -2.31. The number of nitrogens with zero attached hydrogens (tertiary/aromatic N) is 4. The van der Waals surface area contributed by atoms with Crippen molar-refractivity contribution in [2.75, 3.05) is 27.2 Å². The molecule has 2 aromatic rings. The van der Waals surface area contributed by atoms with Crippen molar-refractivity contribution in [1.29, 1.82) is 0 Å². The maximum absolute atomic E-state index is 12.4. The van der Waals surface area contributed by atoms with Gasteiger partial charge >= 0.3 is 0 Å². The average molecular weight is 361 g/mol. The second-order valence-corrected chi connectivity index (χ2v) is 6.74. The van der Waals surface area contributed by atoms with Gasteiger partial charge in [-0.25, -0.2) is 4.98 Å². The second kappa shape index (κ2) is 7.27. The standard InChI is InChI=1S/C18H21ClN4O2/c1-21(2)18(25)13-8-11-22(12-9-13)16(24)7-6-14-17(19)20-15-5-3-4-10-23(14)15/h3-7,10,13H,8-9,11-12H2,1-2H3. The Kier molecular flexibility index (Phi) is 5.08. The van der Waals surface area contributed by atoms with Crippen molar-refractivity contribution in [3.05, 3.63) is 41.3 Å². The zero-order valence-electron chi connectivity index (χ0n) is 14.4. The Bertz CT molecular complexity index is 820. The first-order chi connectivity index (χ1) is 12.0. The Balaban J connectivity index is 1.66. The van der Waals surface area contributed by atoms with E-state index in [4.69, 9.17) is 11.6 Å². The van der Waals surface area contributed by atoms with Crippen LogP contribution < -0.4 is 0 Å². The van der Waals surface area contributed by atoms with Crippen LogP contribution in [0.5, 0.6) is 0 Å². The highest BCUT2D eigenvalue weighted by Gasteiger charge is 2.27. The summed E-state index contributed by atoms with van der Waals surface area (Å²) >= 11 is 6.17. The third kappa shape index (κ3) is 3.69. The second-order valence-electron chi connectivity index (χ2n) is 6.38. The summed E-state index contributed by atoms with van der Waals surface area (Å²) in [4.78, 5) is 32.1. The summed E-state index contributed by atoms with van der Waals surface area (Å²) < 4.78 is 1.84. The molecular formula is C18H21ClN4O2. The number of imidazole rings is 1. The van der Waals surface area contributed by atoms with Gasteiger partial charge in [-0.1, -0.05) is 17.7 Å². The van der Waals surface area contributed by atoms with Gasteiger partial charge in [-0.3, -0.25) is 14.0 Å². The van der Waals surface area contributed by atoms with Gasteiger partial charge in [0, 0.05) is 45.4 Å². The fourth-order valence-electron chi connectivity index (χ4n) is 3.10. The molecule has 0 aromatic carbocycles. The highest BCUT2D eigenvalue weighted by atomic mass is 35.5. The highest BCUT2D eigenvalue weighted by Crippen LogP contribution is 2.21. The summed E-state index contributed by atoms with van der Waals surface area (Å²) in [7, 11) is 3.53. The van der Waals surface area contributed by atoms with Crippen molar-refractivity contribution in [3.8, 4) is 0 Å². The molecule has 0 spiro atoms. The maximum Gasteiger partial charge on any atom is 0.246 e. The van der Waals surface area contributed by atoms with Gasteiger partial charge in [-0.15, -0.1) is 0 Å². The first-order valence-corrected chi connectivity index (χ1v) is 8.66. The smallest absolute Gasteiger partial charge is 0.246 e. The lowest BCUT2D eigenvalue weighted by Crippen LogP contribution is -2.42. The SMILES string of the molecule is CN(C)C(=O)C1CCN(C(=O)C=Cc2c(Cl)nc3ccccn23)CC1. The lowest BCUT2D eigenvalue weighted by atomic mass is 9.95. The minimum absolute atomic E-state index is 0.0104. The molecule has 0 bridgehead atoms. The average Bonchev–Trinajstić information content (AvgIpc) is 2.94. The van der Waals surface area contributed by atoms with Gasteiger partial charge in [0.05, 0.1) is 5.69 Å². The van der Waals surface area contributed by atoms with Crippen molar-refractivity contribution < 1.29 is 9.59 Å². The monoisotopic (exact) mass is 360 g/mol. The number of aromatic nitrogens is 2. The van der Waals surface area contributed by atoms with Gasteiger partial charge in [0.15, 0.2) is 5.15 Å². The topological polar surface area (TPSA) is 57.9 Å². The van der Waals surface area contributed by atoms with Crippen LogP contribution in [0.2, 0.25) is 5.15 Å². The van der Waals surface area contributed by atoms with Crippen LogP contribution in [-0.4, -0.2) is 58.2 Å². The molecule has 6 nitrogen and oxygen atoms in total. The van der Waals surface area contributed by atoms with Gasteiger partial charge in [-0.2, -0.15) is 0 Å². The van der Waals surface area contributed by atoms with E-state index in [1.54, 1.807) is 30.0 Å². The van der Waals surface area contributed by atoms with Crippen molar-refractivity contribution in [2.24, 2.45) is 5.92 Å². The van der Waals surface area contributed by atoms with E-state index in [0.717, 1.165) is 5.65 Å². The molecule has 1 aliphatic rings. The number of hydrogen-bond acceptors (Lipinski definition) is 3. The van der Waals surface area contributed by atoms with Crippen LogP contribution in [0, 0.1) is 5.92 Å². The molecule has 25 heavy (non-hydrogen) atoms.